The van der Waals surface area contributed by atoms with Gasteiger partial charge in [-0.25, -0.2) is 0 Å². The van der Waals surface area contributed by atoms with E-state index in [2.05, 4.69) is 32.2 Å². The first kappa shape index (κ1) is 11.4. The van der Waals surface area contributed by atoms with Gasteiger partial charge in [0.2, 0.25) is 0 Å². The molecular formula is C11H21N. The molecule has 1 heteroatoms. The first-order chi connectivity index (χ1) is 5.70. The summed E-state index contributed by atoms with van der Waals surface area (Å²) in [6.07, 6.45) is 7.47. The molecule has 0 aliphatic carbocycles. The molecule has 0 bridgehead atoms. The zero-order chi connectivity index (χ0) is 9.40. The molecule has 0 heterocycles. The minimum atomic E-state index is 0.738. The Kier molecular flexibility index (Phi) is 6.78. The SMILES string of the molecule is C=CCC(CC=C)CCN(C)C. The largest absolute Gasteiger partial charge is 0.309 e. The normalized spacial score (nSPS) is 10.7. The van der Waals surface area contributed by atoms with E-state index in [1.165, 1.54) is 6.42 Å². The maximum atomic E-state index is 3.76. The first-order valence-electron chi connectivity index (χ1n) is 4.57. The van der Waals surface area contributed by atoms with E-state index in [9.17, 15) is 0 Å². The van der Waals surface area contributed by atoms with E-state index >= 15 is 0 Å². The molecule has 0 spiro atoms. The summed E-state index contributed by atoms with van der Waals surface area (Å²) < 4.78 is 0. The van der Waals surface area contributed by atoms with Crippen molar-refractivity contribution in [2.24, 2.45) is 5.92 Å². The van der Waals surface area contributed by atoms with Crippen LogP contribution >= 0.6 is 0 Å². The molecule has 0 amide bonds. The van der Waals surface area contributed by atoms with Crippen molar-refractivity contribution in [3.05, 3.63) is 25.3 Å². The van der Waals surface area contributed by atoms with Gasteiger partial charge in [-0.3, -0.25) is 0 Å². The molecule has 12 heavy (non-hydrogen) atoms. The van der Waals surface area contributed by atoms with Crippen LogP contribution in [0.2, 0.25) is 0 Å². The summed E-state index contributed by atoms with van der Waals surface area (Å²) in [5.41, 5.74) is 0. The van der Waals surface area contributed by atoms with Crippen molar-refractivity contribution in [3.63, 3.8) is 0 Å². The van der Waals surface area contributed by atoms with Crippen molar-refractivity contribution in [2.45, 2.75) is 19.3 Å². The predicted molar refractivity (Wildman–Crippen MR) is 56.3 cm³/mol. The van der Waals surface area contributed by atoms with Gasteiger partial charge in [-0.15, -0.1) is 13.2 Å². The van der Waals surface area contributed by atoms with Gasteiger partial charge in [0.1, 0.15) is 0 Å². The van der Waals surface area contributed by atoms with Gasteiger partial charge in [0.05, 0.1) is 0 Å². The fourth-order valence-corrected chi connectivity index (χ4v) is 1.24. The Labute approximate surface area is 76.8 Å². The van der Waals surface area contributed by atoms with Crippen LogP contribution in [0.4, 0.5) is 0 Å². The summed E-state index contributed by atoms with van der Waals surface area (Å²) in [7, 11) is 4.22. The lowest BCUT2D eigenvalue weighted by molar-refractivity contribution is 0.351. The first-order valence-corrected chi connectivity index (χ1v) is 4.57. The highest BCUT2D eigenvalue weighted by Gasteiger charge is 2.04. The third kappa shape index (κ3) is 6.17. The van der Waals surface area contributed by atoms with Crippen molar-refractivity contribution in [2.75, 3.05) is 20.6 Å². The van der Waals surface area contributed by atoms with Gasteiger partial charge in [0.15, 0.2) is 0 Å². The molecule has 0 saturated heterocycles. The van der Waals surface area contributed by atoms with Crippen molar-refractivity contribution in [3.8, 4) is 0 Å². The van der Waals surface area contributed by atoms with Crippen molar-refractivity contribution in [1.29, 1.82) is 0 Å². The van der Waals surface area contributed by atoms with E-state index in [0.717, 1.165) is 25.3 Å². The molecule has 0 unspecified atom stereocenters. The topological polar surface area (TPSA) is 3.24 Å². The Morgan fingerprint density at radius 2 is 1.67 bits per heavy atom. The highest BCUT2D eigenvalue weighted by molar-refractivity contribution is 4.79. The monoisotopic (exact) mass is 167 g/mol. The molecule has 0 saturated carbocycles. The summed E-state index contributed by atoms with van der Waals surface area (Å²) in [5, 5.41) is 0. The fraction of sp³-hybridized carbons (Fsp3) is 0.636. The quantitative estimate of drug-likeness (QED) is 0.527. The molecule has 0 aliphatic rings. The van der Waals surface area contributed by atoms with E-state index in [0.29, 0.717) is 0 Å². The molecule has 70 valence electrons. The molecule has 0 fully saturated rings. The Bertz CT molecular complexity index is 117. The second-order valence-corrected chi connectivity index (χ2v) is 3.51. The van der Waals surface area contributed by atoms with E-state index < -0.39 is 0 Å². The number of hydrogen-bond acceptors (Lipinski definition) is 1. The fourth-order valence-electron chi connectivity index (χ4n) is 1.24. The third-order valence-electron chi connectivity index (χ3n) is 1.98. The Hall–Kier alpha value is -0.560. The van der Waals surface area contributed by atoms with Gasteiger partial charge in [0, 0.05) is 0 Å². The van der Waals surface area contributed by atoms with Crippen LogP contribution < -0.4 is 0 Å². The summed E-state index contributed by atoms with van der Waals surface area (Å²) in [6, 6.07) is 0. The smallest absolute Gasteiger partial charge is 0.00220 e. The highest BCUT2D eigenvalue weighted by atomic mass is 15.0. The molecule has 0 aromatic rings. The van der Waals surface area contributed by atoms with E-state index in [-0.39, 0.29) is 0 Å². The summed E-state index contributed by atoms with van der Waals surface area (Å²) in [4.78, 5) is 2.22. The molecule has 0 N–H and O–H groups in total. The van der Waals surface area contributed by atoms with Gasteiger partial charge in [-0.05, 0) is 45.8 Å². The lowest BCUT2D eigenvalue weighted by Gasteiger charge is -2.15. The van der Waals surface area contributed by atoms with E-state index in [1.54, 1.807) is 0 Å². The lowest BCUT2D eigenvalue weighted by Crippen LogP contribution is -2.16. The molecule has 1 nitrogen and oxygen atoms in total. The van der Waals surface area contributed by atoms with Crippen LogP contribution in [0.5, 0.6) is 0 Å². The highest BCUT2D eigenvalue weighted by Crippen LogP contribution is 2.14. The second kappa shape index (κ2) is 7.11. The third-order valence-corrected chi connectivity index (χ3v) is 1.98. The summed E-state index contributed by atoms with van der Waals surface area (Å²) in [5.74, 6) is 0.738. The number of hydrogen-bond donors (Lipinski definition) is 0. The molecule has 0 aliphatic heterocycles. The van der Waals surface area contributed by atoms with Crippen LogP contribution in [0.3, 0.4) is 0 Å². The predicted octanol–water partition coefficient (Wildman–Crippen LogP) is 2.71. The lowest BCUT2D eigenvalue weighted by atomic mass is 9.97. The maximum absolute atomic E-state index is 3.76. The van der Waals surface area contributed by atoms with Gasteiger partial charge < -0.3 is 4.90 Å². The minimum Gasteiger partial charge on any atom is -0.309 e. The Balaban J connectivity index is 3.61. The second-order valence-electron chi connectivity index (χ2n) is 3.51. The van der Waals surface area contributed by atoms with Crippen LogP contribution in [0.15, 0.2) is 25.3 Å². The van der Waals surface area contributed by atoms with Gasteiger partial charge in [0.25, 0.3) is 0 Å². The molecule has 0 radical (unpaired) electrons. The molecule has 0 aromatic carbocycles. The molecule has 0 atom stereocenters. The summed E-state index contributed by atoms with van der Waals surface area (Å²) in [6.45, 7) is 8.68. The van der Waals surface area contributed by atoms with Crippen molar-refractivity contribution < 1.29 is 0 Å². The molecular weight excluding hydrogens is 146 g/mol. The van der Waals surface area contributed by atoms with Crippen LogP contribution in [0.25, 0.3) is 0 Å². The average molecular weight is 167 g/mol. The standard InChI is InChI=1S/C11H21N/c1-5-7-11(8-6-2)9-10-12(3)4/h5-6,11H,1-2,7-10H2,3-4H3. The van der Waals surface area contributed by atoms with Crippen molar-refractivity contribution in [1.82, 2.24) is 4.90 Å². The Morgan fingerprint density at radius 3 is 2.00 bits per heavy atom. The van der Waals surface area contributed by atoms with Crippen LogP contribution in [0.1, 0.15) is 19.3 Å². The number of allylic oxidation sites excluding steroid dienone is 2. The number of nitrogens with zero attached hydrogens (tertiary/aromatic N) is 1. The van der Waals surface area contributed by atoms with Crippen LogP contribution in [-0.4, -0.2) is 25.5 Å². The van der Waals surface area contributed by atoms with Crippen molar-refractivity contribution >= 4 is 0 Å². The zero-order valence-electron chi connectivity index (χ0n) is 8.42. The summed E-state index contributed by atoms with van der Waals surface area (Å²) >= 11 is 0. The molecule has 0 rings (SSSR count). The maximum Gasteiger partial charge on any atom is -0.00220 e. The average Bonchev–Trinajstić information content (AvgIpc) is 2.01. The van der Waals surface area contributed by atoms with Gasteiger partial charge >= 0.3 is 0 Å². The Morgan fingerprint density at radius 1 is 1.17 bits per heavy atom. The molecule has 0 aromatic heterocycles. The van der Waals surface area contributed by atoms with E-state index in [4.69, 9.17) is 0 Å². The van der Waals surface area contributed by atoms with E-state index in [1.807, 2.05) is 12.2 Å². The zero-order valence-corrected chi connectivity index (χ0v) is 8.42. The number of rotatable bonds is 7. The minimum absolute atomic E-state index is 0.738. The van der Waals surface area contributed by atoms with Gasteiger partial charge in [-0.2, -0.15) is 0 Å². The van der Waals surface area contributed by atoms with Crippen LogP contribution in [0, 0.1) is 5.92 Å². The van der Waals surface area contributed by atoms with Gasteiger partial charge in [-0.1, -0.05) is 12.2 Å². The van der Waals surface area contributed by atoms with Crippen LogP contribution in [-0.2, 0) is 0 Å².